The number of rotatable bonds is 1. The molecule has 2 heterocycles. The maximum Gasteiger partial charge on any atom is 0.131 e. The van der Waals surface area contributed by atoms with Gasteiger partial charge in [-0.25, -0.2) is 4.98 Å². The molecule has 17 heavy (non-hydrogen) atoms. The molecule has 3 heteroatoms. The van der Waals surface area contributed by atoms with Crippen molar-refractivity contribution in [1.29, 1.82) is 0 Å². The Kier molecular flexibility index (Phi) is 2.93. The van der Waals surface area contributed by atoms with E-state index in [0.717, 1.165) is 18.0 Å². The van der Waals surface area contributed by atoms with Gasteiger partial charge in [0.1, 0.15) is 5.15 Å². The highest BCUT2D eigenvalue weighted by molar-refractivity contribution is 6.30. The largest absolute Gasteiger partial charge is 0.310 e. The third kappa shape index (κ3) is 2.12. The molecule has 1 aromatic rings. The molecule has 1 saturated heterocycles. The van der Waals surface area contributed by atoms with Crippen molar-refractivity contribution in [2.75, 3.05) is 6.54 Å². The van der Waals surface area contributed by atoms with Crippen LogP contribution in [0.5, 0.6) is 0 Å². The maximum absolute atomic E-state index is 5.97. The first-order valence-corrected chi connectivity index (χ1v) is 6.68. The lowest BCUT2D eigenvalue weighted by atomic mass is 9.92. The van der Waals surface area contributed by atoms with E-state index in [0.29, 0.717) is 11.2 Å². The molecule has 0 saturated carbocycles. The van der Waals surface area contributed by atoms with Crippen LogP contribution in [0.1, 0.15) is 30.4 Å². The number of aromatic nitrogens is 1. The van der Waals surface area contributed by atoms with Crippen molar-refractivity contribution in [3.05, 3.63) is 34.6 Å². The number of fused-ring (bicyclic) bond motifs is 1. The summed E-state index contributed by atoms with van der Waals surface area (Å²) in [5.74, 6) is 0.787. The normalized spacial score (nSPS) is 27.8. The molecule has 3 rings (SSSR count). The zero-order valence-electron chi connectivity index (χ0n) is 10.0. The number of aryl methyl sites for hydroxylation is 1. The SMILES string of the molecule is Cc1cc(C2=C[C@@H]3NCCC[C@@H]3C2)cnc1Cl. The molecule has 2 nitrogen and oxygen atoms in total. The molecular formula is C14H17ClN2. The fourth-order valence-corrected chi connectivity index (χ4v) is 3.02. The van der Waals surface area contributed by atoms with Gasteiger partial charge in [-0.15, -0.1) is 0 Å². The number of halogens is 1. The highest BCUT2D eigenvalue weighted by Crippen LogP contribution is 2.36. The first kappa shape index (κ1) is 11.2. The summed E-state index contributed by atoms with van der Waals surface area (Å²) in [7, 11) is 0. The Morgan fingerprint density at radius 1 is 1.47 bits per heavy atom. The van der Waals surface area contributed by atoms with Gasteiger partial charge in [0, 0.05) is 12.2 Å². The van der Waals surface area contributed by atoms with Gasteiger partial charge in [-0.2, -0.15) is 0 Å². The van der Waals surface area contributed by atoms with E-state index in [4.69, 9.17) is 11.6 Å². The minimum absolute atomic E-state index is 0.578. The average Bonchev–Trinajstić information content (AvgIpc) is 2.76. The summed E-state index contributed by atoms with van der Waals surface area (Å²) in [6.07, 6.45) is 8.12. The van der Waals surface area contributed by atoms with Gasteiger partial charge in [0.2, 0.25) is 0 Å². The van der Waals surface area contributed by atoms with E-state index in [1.807, 2.05) is 13.1 Å². The van der Waals surface area contributed by atoms with E-state index in [9.17, 15) is 0 Å². The lowest BCUT2D eigenvalue weighted by Gasteiger charge is -2.25. The third-order valence-electron chi connectivity index (χ3n) is 3.89. The van der Waals surface area contributed by atoms with Crippen LogP contribution in [0.2, 0.25) is 5.15 Å². The van der Waals surface area contributed by atoms with Gasteiger partial charge in [-0.1, -0.05) is 17.7 Å². The molecule has 2 aliphatic rings. The Hall–Kier alpha value is -0.860. The van der Waals surface area contributed by atoms with Crippen LogP contribution in [0.15, 0.2) is 18.3 Å². The summed E-state index contributed by atoms with van der Waals surface area (Å²) in [6, 6.07) is 2.73. The van der Waals surface area contributed by atoms with E-state index >= 15 is 0 Å². The number of pyridine rings is 1. The Labute approximate surface area is 107 Å². The summed E-state index contributed by atoms with van der Waals surface area (Å²) in [5, 5.41) is 4.20. The number of allylic oxidation sites excluding steroid dienone is 1. The first-order valence-electron chi connectivity index (χ1n) is 6.30. The summed E-state index contributed by atoms with van der Waals surface area (Å²) in [5.41, 5.74) is 3.73. The van der Waals surface area contributed by atoms with Crippen LogP contribution in [0, 0.1) is 12.8 Å². The topological polar surface area (TPSA) is 24.9 Å². The van der Waals surface area contributed by atoms with Crippen molar-refractivity contribution in [3.8, 4) is 0 Å². The Bertz CT molecular complexity index is 467. The molecule has 0 bridgehead atoms. The molecule has 0 radical (unpaired) electrons. The maximum atomic E-state index is 5.97. The average molecular weight is 249 g/mol. The molecule has 90 valence electrons. The van der Waals surface area contributed by atoms with Gasteiger partial charge in [-0.05, 0) is 61.4 Å². The zero-order chi connectivity index (χ0) is 11.8. The van der Waals surface area contributed by atoms with Gasteiger partial charge < -0.3 is 5.32 Å². The smallest absolute Gasteiger partial charge is 0.131 e. The molecule has 2 atom stereocenters. The number of piperidine rings is 1. The molecule has 1 aromatic heterocycles. The lowest BCUT2D eigenvalue weighted by molar-refractivity contribution is 0.341. The van der Waals surface area contributed by atoms with Gasteiger partial charge >= 0.3 is 0 Å². The van der Waals surface area contributed by atoms with Crippen molar-refractivity contribution in [3.63, 3.8) is 0 Å². The molecule has 0 amide bonds. The fraction of sp³-hybridized carbons (Fsp3) is 0.500. The second kappa shape index (κ2) is 4.43. The predicted octanol–water partition coefficient (Wildman–Crippen LogP) is 3.20. The zero-order valence-corrected chi connectivity index (χ0v) is 10.8. The van der Waals surface area contributed by atoms with Crippen molar-refractivity contribution in [2.45, 2.75) is 32.2 Å². The molecule has 1 fully saturated rings. The van der Waals surface area contributed by atoms with E-state index in [1.54, 1.807) is 0 Å². The molecule has 0 aromatic carbocycles. The molecule has 1 aliphatic heterocycles. The van der Waals surface area contributed by atoms with Crippen LogP contribution < -0.4 is 5.32 Å². The monoisotopic (exact) mass is 248 g/mol. The highest BCUT2D eigenvalue weighted by atomic mass is 35.5. The number of hydrogen-bond donors (Lipinski definition) is 1. The summed E-state index contributed by atoms with van der Waals surface area (Å²) in [6.45, 7) is 3.17. The van der Waals surface area contributed by atoms with E-state index in [1.165, 1.54) is 30.4 Å². The van der Waals surface area contributed by atoms with Crippen LogP contribution in [0.3, 0.4) is 0 Å². The second-order valence-corrected chi connectivity index (χ2v) is 5.47. The van der Waals surface area contributed by atoms with Crippen LogP contribution in [-0.4, -0.2) is 17.6 Å². The summed E-state index contributed by atoms with van der Waals surface area (Å²) < 4.78 is 0. The van der Waals surface area contributed by atoms with Crippen LogP contribution in [0.4, 0.5) is 0 Å². The van der Waals surface area contributed by atoms with Crippen LogP contribution in [0.25, 0.3) is 5.57 Å². The fourth-order valence-electron chi connectivity index (χ4n) is 2.92. The molecule has 1 N–H and O–H groups in total. The highest BCUT2D eigenvalue weighted by Gasteiger charge is 2.29. The summed E-state index contributed by atoms with van der Waals surface area (Å²) >= 11 is 5.97. The minimum atomic E-state index is 0.578. The number of nitrogens with one attached hydrogen (secondary N) is 1. The Morgan fingerprint density at radius 2 is 2.35 bits per heavy atom. The first-order chi connectivity index (χ1) is 8.24. The third-order valence-corrected chi connectivity index (χ3v) is 4.28. The quantitative estimate of drug-likeness (QED) is 0.772. The lowest BCUT2D eigenvalue weighted by Crippen LogP contribution is -2.37. The Morgan fingerprint density at radius 3 is 3.12 bits per heavy atom. The molecular weight excluding hydrogens is 232 g/mol. The standard InChI is InChI=1S/C14H17ClN2/c1-9-5-12(8-17-14(9)15)11-6-10-3-2-4-16-13(10)7-11/h5,7-8,10,13,16H,2-4,6H2,1H3/t10-,13+/m1/s1. The number of hydrogen-bond acceptors (Lipinski definition) is 2. The van der Waals surface area contributed by atoms with Gasteiger partial charge in [-0.3, -0.25) is 0 Å². The van der Waals surface area contributed by atoms with Gasteiger partial charge in [0.25, 0.3) is 0 Å². The van der Waals surface area contributed by atoms with Crippen molar-refractivity contribution in [1.82, 2.24) is 10.3 Å². The summed E-state index contributed by atoms with van der Waals surface area (Å²) in [4.78, 5) is 4.24. The minimum Gasteiger partial charge on any atom is -0.310 e. The van der Waals surface area contributed by atoms with Gasteiger partial charge in [0.15, 0.2) is 0 Å². The van der Waals surface area contributed by atoms with Crippen LogP contribution >= 0.6 is 11.6 Å². The second-order valence-electron chi connectivity index (χ2n) is 5.11. The molecule has 0 unspecified atom stereocenters. The molecule has 0 spiro atoms. The predicted molar refractivity (Wildman–Crippen MR) is 71.1 cm³/mol. The van der Waals surface area contributed by atoms with E-state index in [-0.39, 0.29) is 0 Å². The van der Waals surface area contributed by atoms with E-state index in [2.05, 4.69) is 22.4 Å². The van der Waals surface area contributed by atoms with Gasteiger partial charge in [0.05, 0.1) is 0 Å². The van der Waals surface area contributed by atoms with Crippen molar-refractivity contribution in [2.24, 2.45) is 5.92 Å². The Balaban J connectivity index is 1.87. The number of nitrogens with zero attached hydrogens (tertiary/aromatic N) is 1. The van der Waals surface area contributed by atoms with Crippen LogP contribution in [-0.2, 0) is 0 Å². The van der Waals surface area contributed by atoms with E-state index < -0.39 is 0 Å². The molecule has 1 aliphatic carbocycles. The van der Waals surface area contributed by atoms with Crippen molar-refractivity contribution >= 4 is 17.2 Å². The van der Waals surface area contributed by atoms with Crippen molar-refractivity contribution < 1.29 is 0 Å².